The molecule has 22 heavy (non-hydrogen) atoms. The number of hydrogen-bond acceptors (Lipinski definition) is 2. The number of carbonyl (C=O) groups is 1. The average Bonchev–Trinajstić information content (AvgIpc) is 3.06. The van der Waals surface area contributed by atoms with Crippen molar-refractivity contribution >= 4 is 11.7 Å². The molecule has 1 saturated heterocycles. The van der Waals surface area contributed by atoms with E-state index in [1.807, 2.05) is 47.4 Å². The topological polar surface area (TPSA) is 41.6 Å². The van der Waals surface area contributed by atoms with Gasteiger partial charge in [0, 0.05) is 6.54 Å². The van der Waals surface area contributed by atoms with E-state index in [4.69, 9.17) is 4.74 Å². The largest absolute Gasteiger partial charge is 0.495 e. The van der Waals surface area contributed by atoms with E-state index in [9.17, 15) is 4.79 Å². The van der Waals surface area contributed by atoms with Crippen molar-refractivity contribution in [2.24, 2.45) is 0 Å². The van der Waals surface area contributed by atoms with Gasteiger partial charge >= 0.3 is 6.03 Å². The third-order valence-electron chi connectivity index (χ3n) is 4.05. The number of benzene rings is 2. The Morgan fingerprint density at radius 2 is 1.86 bits per heavy atom. The van der Waals surface area contributed by atoms with Gasteiger partial charge in [0.05, 0.1) is 18.8 Å². The lowest BCUT2D eigenvalue weighted by Gasteiger charge is -2.25. The highest BCUT2D eigenvalue weighted by Gasteiger charge is 2.30. The fourth-order valence-electron chi connectivity index (χ4n) is 2.97. The van der Waals surface area contributed by atoms with Crippen molar-refractivity contribution in [1.82, 2.24) is 4.90 Å². The Morgan fingerprint density at radius 1 is 1.14 bits per heavy atom. The van der Waals surface area contributed by atoms with E-state index in [0.29, 0.717) is 11.4 Å². The molecule has 1 heterocycles. The van der Waals surface area contributed by atoms with Crippen molar-refractivity contribution in [2.75, 3.05) is 19.0 Å². The SMILES string of the molecule is COc1ccccc1NC(=O)N1CCCC1c1ccccc1. The minimum Gasteiger partial charge on any atom is -0.495 e. The molecule has 114 valence electrons. The molecule has 4 nitrogen and oxygen atoms in total. The Balaban J connectivity index is 1.77. The Bertz CT molecular complexity index is 643. The molecule has 2 aromatic rings. The van der Waals surface area contributed by atoms with Gasteiger partial charge in [-0.25, -0.2) is 4.79 Å². The molecule has 1 atom stereocenters. The van der Waals surface area contributed by atoms with Crippen LogP contribution in [0.2, 0.25) is 0 Å². The molecule has 3 rings (SSSR count). The molecule has 2 aromatic carbocycles. The van der Waals surface area contributed by atoms with Crippen LogP contribution in [-0.4, -0.2) is 24.6 Å². The van der Waals surface area contributed by atoms with Crippen LogP contribution >= 0.6 is 0 Å². The van der Waals surface area contributed by atoms with Crippen LogP contribution in [0.15, 0.2) is 54.6 Å². The number of anilines is 1. The molecule has 0 aliphatic carbocycles. The maximum absolute atomic E-state index is 12.6. The zero-order chi connectivity index (χ0) is 15.4. The Morgan fingerprint density at radius 3 is 2.64 bits per heavy atom. The maximum Gasteiger partial charge on any atom is 0.322 e. The summed E-state index contributed by atoms with van der Waals surface area (Å²) in [6.07, 6.45) is 2.03. The van der Waals surface area contributed by atoms with Crippen molar-refractivity contribution in [3.63, 3.8) is 0 Å². The number of hydrogen-bond donors (Lipinski definition) is 1. The van der Waals surface area contributed by atoms with Crippen molar-refractivity contribution < 1.29 is 9.53 Å². The number of amides is 2. The average molecular weight is 296 g/mol. The van der Waals surface area contributed by atoms with Crippen LogP contribution in [0.3, 0.4) is 0 Å². The number of likely N-dealkylation sites (tertiary alicyclic amines) is 1. The second kappa shape index (κ2) is 6.52. The van der Waals surface area contributed by atoms with Crippen molar-refractivity contribution in [3.05, 3.63) is 60.2 Å². The van der Waals surface area contributed by atoms with Crippen molar-refractivity contribution in [1.29, 1.82) is 0 Å². The van der Waals surface area contributed by atoms with E-state index < -0.39 is 0 Å². The van der Waals surface area contributed by atoms with E-state index in [1.54, 1.807) is 7.11 Å². The molecule has 1 fully saturated rings. The summed E-state index contributed by atoms with van der Waals surface area (Å²) < 4.78 is 5.29. The van der Waals surface area contributed by atoms with Crippen LogP contribution in [0, 0.1) is 0 Å². The minimum atomic E-state index is -0.0733. The molecule has 2 amide bonds. The number of methoxy groups -OCH3 is 1. The van der Waals surface area contributed by atoms with Crippen LogP contribution in [0.1, 0.15) is 24.4 Å². The third kappa shape index (κ3) is 2.91. The molecular formula is C18H20N2O2. The number of urea groups is 1. The highest BCUT2D eigenvalue weighted by atomic mass is 16.5. The van der Waals surface area contributed by atoms with Gasteiger partial charge in [-0.1, -0.05) is 42.5 Å². The van der Waals surface area contributed by atoms with Gasteiger partial charge in [0.2, 0.25) is 0 Å². The van der Waals surface area contributed by atoms with Gasteiger partial charge in [-0.2, -0.15) is 0 Å². The summed E-state index contributed by atoms with van der Waals surface area (Å²) in [4.78, 5) is 14.5. The molecule has 0 aromatic heterocycles. The van der Waals surface area contributed by atoms with E-state index in [0.717, 1.165) is 19.4 Å². The van der Waals surface area contributed by atoms with Gasteiger partial charge in [0.15, 0.2) is 0 Å². The van der Waals surface area contributed by atoms with Gasteiger partial charge in [0.1, 0.15) is 5.75 Å². The second-order valence-corrected chi connectivity index (χ2v) is 5.39. The molecule has 1 N–H and O–H groups in total. The van der Waals surface area contributed by atoms with Gasteiger partial charge in [-0.3, -0.25) is 0 Å². The van der Waals surface area contributed by atoms with Gasteiger partial charge in [0.25, 0.3) is 0 Å². The summed E-state index contributed by atoms with van der Waals surface area (Å²) in [7, 11) is 1.60. The van der Waals surface area contributed by atoms with E-state index >= 15 is 0 Å². The molecule has 0 saturated carbocycles. The molecule has 1 unspecified atom stereocenters. The highest BCUT2D eigenvalue weighted by molar-refractivity contribution is 5.91. The predicted molar refractivity (Wildman–Crippen MR) is 87.1 cm³/mol. The fourth-order valence-corrected chi connectivity index (χ4v) is 2.97. The van der Waals surface area contributed by atoms with Crippen LogP contribution in [0.25, 0.3) is 0 Å². The Labute approximate surface area is 130 Å². The minimum absolute atomic E-state index is 0.0733. The zero-order valence-electron chi connectivity index (χ0n) is 12.7. The van der Waals surface area contributed by atoms with Crippen molar-refractivity contribution in [2.45, 2.75) is 18.9 Å². The highest BCUT2D eigenvalue weighted by Crippen LogP contribution is 2.33. The lowest BCUT2D eigenvalue weighted by atomic mass is 10.1. The predicted octanol–water partition coefficient (Wildman–Crippen LogP) is 4.06. The van der Waals surface area contributed by atoms with Gasteiger partial charge in [-0.15, -0.1) is 0 Å². The van der Waals surface area contributed by atoms with Crippen LogP contribution < -0.4 is 10.1 Å². The first-order valence-electron chi connectivity index (χ1n) is 7.55. The fraction of sp³-hybridized carbons (Fsp3) is 0.278. The number of ether oxygens (including phenoxy) is 1. The van der Waals surface area contributed by atoms with E-state index in [-0.39, 0.29) is 12.1 Å². The summed E-state index contributed by atoms with van der Waals surface area (Å²) in [5, 5.41) is 2.97. The first-order valence-corrected chi connectivity index (χ1v) is 7.55. The smallest absolute Gasteiger partial charge is 0.322 e. The van der Waals surface area contributed by atoms with E-state index in [2.05, 4.69) is 17.4 Å². The quantitative estimate of drug-likeness (QED) is 0.928. The molecule has 4 heteroatoms. The summed E-state index contributed by atoms with van der Waals surface area (Å²) in [6, 6.07) is 17.7. The van der Waals surface area contributed by atoms with E-state index in [1.165, 1.54) is 5.56 Å². The first kappa shape index (κ1) is 14.4. The van der Waals surface area contributed by atoms with Gasteiger partial charge in [-0.05, 0) is 30.5 Å². The first-order chi connectivity index (χ1) is 10.8. The lowest BCUT2D eigenvalue weighted by molar-refractivity contribution is 0.207. The van der Waals surface area contributed by atoms with Crippen LogP contribution in [0.5, 0.6) is 5.75 Å². The second-order valence-electron chi connectivity index (χ2n) is 5.39. The summed E-state index contributed by atoms with van der Waals surface area (Å²) in [6.45, 7) is 0.778. The molecule has 1 aliphatic rings. The summed E-state index contributed by atoms with van der Waals surface area (Å²) in [5.74, 6) is 0.673. The Hall–Kier alpha value is -2.49. The van der Waals surface area contributed by atoms with Crippen molar-refractivity contribution in [3.8, 4) is 5.75 Å². The molecule has 0 spiro atoms. The third-order valence-corrected chi connectivity index (χ3v) is 4.05. The van der Waals surface area contributed by atoms with Crippen LogP contribution in [-0.2, 0) is 0 Å². The Kier molecular flexibility index (Phi) is 4.28. The molecule has 1 aliphatic heterocycles. The summed E-state index contributed by atoms with van der Waals surface area (Å²) in [5.41, 5.74) is 1.89. The standard InChI is InChI=1S/C18H20N2O2/c1-22-17-12-6-5-10-15(17)19-18(21)20-13-7-11-16(20)14-8-3-2-4-9-14/h2-6,8-10,12,16H,7,11,13H2,1H3,(H,19,21). The molecular weight excluding hydrogens is 276 g/mol. The van der Waals surface area contributed by atoms with Gasteiger partial charge < -0.3 is 15.0 Å². The lowest BCUT2D eigenvalue weighted by Crippen LogP contribution is -2.34. The summed E-state index contributed by atoms with van der Waals surface area (Å²) >= 11 is 0. The number of para-hydroxylation sites is 2. The molecule has 0 bridgehead atoms. The molecule has 0 radical (unpaired) electrons. The monoisotopic (exact) mass is 296 g/mol. The maximum atomic E-state index is 12.6. The number of rotatable bonds is 3. The number of carbonyl (C=O) groups excluding carboxylic acids is 1. The number of nitrogens with one attached hydrogen (secondary N) is 1. The number of nitrogens with zero attached hydrogens (tertiary/aromatic N) is 1. The normalized spacial score (nSPS) is 17.3. The zero-order valence-corrected chi connectivity index (χ0v) is 12.7. The van der Waals surface area contributed by atoms with Crippen LogP contribution in [0.4, 0.5) is 10.5 Å².